The van der Waals surface area contributed by atoms with Crippen molar-refractivity contribution in [3.8, 4) is 34.5 Å². The second-order valence-corrected chi connectivity index (χ2v) is 5.79. The Bertz CT molecular complexity index is 898. The van der Waals surface area contributed by atoms with Crippen LogP contribution in [0.15, 0.2) is 12.1 Å². The van der Waals surface area contributed by atoms with E-state index < -0.39 is 11.6 Å². The van der Waals surface area contributed by atoms with Crippen LogP contribution in [0.3, 0.4) is 0 Å². The summed E-state index contributed by atoms with van der Waals surface area (Å²) in [6.45, 7) is 0. The smallest absolute Gasteiger partial charge is 0.204 e. The number of hydrogen-bond donors (Lipinski definition) is 0. The second-order valence-electron chi connectivity index (χ2n) is 5.79. The average Bonchev–Trinajstić information content (AvgIpc) is 2.73. The Morgan fingerprint density at radius 3 is 1.07 bits per heavy atom. The first-order valence-electron chi connectivity index (χ1n) is 8.24. The molecule has 0 aliphatic heterocycles. The van der Waals surface area contributed by atoms with E-state index in [2.05, 4.69) is 0 Å². The summed E-state index contributed by atoms with van der Waals surface area (Å²) in [4.78, 5) is 26.7. The van der Waals surface area contributed by atoms with E-state index in [9.17, 15) is 9.59 Å². The van der Waals surface area contributed by atoms with Crippen LogP contribution in [0.1, 0.15) is 31.8 Å². The van der Waals surface area contributed by atoms with Gasteiger partial charge in [0, 0.05) is 11.1 Å². The van der Waals surface area contributed by atoms with Gasteiger partial charge >= 0.3 is 0 Å². The Kier molecular flexibility index (Phi) is 5.04. The summed E-state index contributed by atoms with van der Waals surface area (Å²) in [7, 11) is 8.49. The van der Waals surface area contributed by atoms with Crippen LogP contribution in [-0.4, -0.2) is 54.2 Å². The van der Waals surface area contributed by atoms with Crippen molar-refractivity contribution in [2.45, 2.75) is 0 Å². The van der Waals surface area contributed by atoms with Gasteiger partial charge in [-0.25, -0.2) is 0 Å². The molecule has 0 atom stereocenters. The van der Waals surface area contributed by atoms with Gasteiger partial charge in [-0.1, -0.05) is 0 Å². The predicted molar refractivity (Wildman–Crippen MR) is 99.1 cm³/mol. The Labute approximate surface area is 161 Å². The van der Waals surface area contributed by atoms with Crippen molar-refractivity contribution in [2.75, 3.05) is 42.7 Å². The molecule has 0 aromatic heterocycles. The monoisotopic (exact) mass is 388 g/mol. The Hall–Kier alpha value is -3.42. The van der Waals surface area contributed by atoms with Crippen LogP contribution in [0.2, 0.25) is 0 Å². The van der Waals surface area contributed by atoms with Gasteiger partial charge in [0.15, 0.2) is 34.6 Å². The number of methoxy groups -OCH3 is 6. The normalized spacial score (nSPS) is 12.1. The lowest BCUT2D eigenvalue weighted by Gasteiger charge is -2.25. The zero-order chi connectivity index (χ0) is 20.6. The molecule has 28 heavy (non-hydrogen) atoms. The first kappa shape index (κ1) is 19.3. The maximum absolute atomic E-state index is 13.4. The summed E-state index contributed by atoms with van der Waals surface area (Å²) in [6, 6.07) is 2.91. The van der Waals surface area contributed by atoms with Crippen molar-refractivity contribution in [2.24, 2.45) is 0 Å². The van der Waals surface area contributed by atoms with Gasteiger partial charge in [-0.3, -0.25) is 9.59 Å². The van der Waals surface area contributed by atoms with Crippen molar-refractivity contribution in [1.82, 2.24) is 0 Å². The Morgan fingerprint density at radius 2 is 0.821 bits per heavy atom. The maximum atomic E-state index is 13.4. The fourth-order valence-corrected chi connectivity index (χ4v) is 3.39. The minimum atomic E-state index is -0.429. The van der Waals surface area contributed by atoms with E-state index in [1.165, 1.54) is 54.8 Å². The van der Waals surface area contributed by atoms with Gasteiger partial charge in [0.1, 0.15) is 0 Å². The van der Waals surface area contributed by atoms with Crippen LogP contribution in [0.25, 0.3) is 0 Å². The molecule has 2 aromatic carbocycles. The van der Waals surface area contributed by atoms with Gasteiger partial charge in [-0.15, -0.1) is 0 Å². The van der Waals surface area contributed by atoms with Crippen LogP contribution in [0.5, 0.6) is 34.5 Å². The fraction of sp³-hybridized carbons (Fsp3) is 0.300. The molecule has 0 saturated carbocycles. The topological polar surface area (TPSA) is 89.5 Å². The third-order valence-electron chi connectivity index (χ3n) is 4.60. The molecule has 0 heterocycles. The average molecular weight is 388 g/mol. The number of hydrogen-bond acceptors (Lipinski definition) is 8. The van der Waals surface area contributed by atoms with Crippen LogP contribution in [-0.2, 0) is 0 Å². The molecule has 0 bridgehead atoms. The summed E-state index contributed by atoms with van der Waals surface area (Å²) >= 11 is 0. The molecule has 1 aliphatic carbocycles. The number of carbonyl (C=O) groups excluding carboxylic acids is 2. The number of rotatable bonds is 6. The molecule has 8 nitrogen and oxygen atoms in total. The zero-order valence-corrected chi connectivity index (χ0v) is 16.4. The lowest BCUT2D eigenvalue weighted by molar-refractivity contribution is 0.0972. The second kappa shape index (κ2) is 7.30. The summed E-state index contributed by atoms with van der Waals surface area (Å²) < 4.78 is 32.1. The Morgan fingerprint density at radius 1 is 0.500 bits per heavy atom. The molecular weight excluding hydrogens is 368 g/mol. The molecule has 0 N–H and O–H groups in total. The zero-order valence-electron chi connectivity index (χ0n) is 16.4. The highest BCUT2D eigenvalue weighted by Gasteiger charge is 2.39. The molecule has 2 aromatic rings. The number of fused-ring (bicyclic) bond motifs is 2. The summed E-state index contributed by atoms with van der Waals surface area (Å²) in [6.07, 6.45) is 0. The highest BCUT2D eigenvalue weighted by Crippen LogP contribution is 2.50. The molecule has 0 radical (unpaired) electrons. The lowest BCUT2D eigenvalue weighted by Crippen LogP contribution is -2.23. The van der Waals surface area contributed by atoms with E-state index in [0.717, 1.165) is 0 Å². The van der Waals surface area contributed by atoms with Crippen LogP contribution in [0.4, 0.5) is 0 Å². The fourth-order valence-electron chi connectivity index (χ4n) is 3.39. The first-order chi connectivity index (χ1) is 13.5. The lowest BCUT2D eigenvalue weighted by atomic mass is 9.82. The molecule has 0 fully saturated rings. The minimum Gasteiger partial charge on any atom is -0.493 e. The summed E-state index contributed by atoms with van der Waals surface area (Å²) in [5.74, 6) is 0.360. The molecule has 8 heteroatoms. The molecule has 0 unspecified atom stereocenters. The van der Waals surface area contributed by atoms with Gasteiger partial charge < -0.3 is 28.4 Å². The standard InChI is InChI=1S/C20H20O8/c1-23-11-7-9-13(19(27-5)17(11)25-3)16(22)10-8-12(24-2)18(26-4)20(28-6)14(10)15(9)21/h7-8H,1-6H3. The third kappa shape index (κ3) is 2.52. The van der Waals surface area contributed by atoms with Gasteiger partial charge in [0.05, 0.1) is 53.8 Å². The molecule has 0 spiro atoms. The van der Waals surface area contributed by atoms with E-state index >= 15 is 0 Å². The third-order valence-corrected chi connectivity index (χ3v) is 4.60. The maximum Gasteiger partial charge on any atom is 0.204 e. The summed E-state index contributed by atoms with van der Waals surface area (Å²) in [5, 5.41) is 0. The largest absolute Gasteiger partial charge is 0.493 e. The van der Waals surface area contributed by atoms with Crippen molar-refractivity contribution in [3.63, 3.8) is 0 Å². The minimum absolute atomic E-state index is 0.0897. The molecule has 148 valence electrons. The highest BCUT2D eigenvalue weighted by molar-refractivity contribution is 6.31. The first-order valence-corrected chi connectivity index (χ1v) is 8.24. The number of ketones is 2. The van der Waals surface area contributed by atoms with Crippen molar-refractivity contribution in [3.05, 3.63) is 34.4 Å². The molecule has 0 amide bonds. The van der Waals surface area contributed by atoms with E-state index in [4.69, 9.17) is 28.4 Å². The van der Waals surface area contributed by atoms with Gasteiger partial charge in [0.2, 0.25) is 11.5 Å². The number of carbonyl (C=O) groups is 2. The molecular formula is C20H20O8. The molecule has 3 rings (SSSR count). The van der Waals surface area contributed by atoms with Crippen LogP contribution < -0.4 is 28.4 Å². The number of benzene rings is 2. The van der Waals surface area contributed by atoms with Crippen molar-refractivity contribution in [1.29, 1.82) is 0 Å². The Balaban J connectivity index is 2.42. The van der Waals surface area contributed by atoms with Gasteiger partial charge in [-0.2, -0.15) is 0 Å². The van der Waals surface area contributed by atoms with Crippen molar-refractivity contribution >= 4 is 11.6 Å². The van der Waals surface area contributed by atoms with E-state index in [1.807, 2.05) is 0 Å². The van der Waals surface area contributed by atoms with E-state index in [1.54, 1.807) is 0 Å². The van der Waals surface area contributed by atoms with Gasteiger partial charge in [-0.05, 0) is 12.1 Å². The van der Waals surface area contributed by atoms with E-state index in [-0.39, 0.29) is 56.8 Å². The predicted octanol–water partition coefficient (Wildman–Crippen LogP) is 2.51. The number of ether oxygens (including phenoxy) is 6. The van der Waals surface area contributed by atoms with Crippen LogP contribution >= 0.6 is 0 Å². The summed E-state index contributed by atoms with van der Waals surface area (Å²) in [5.41, 5.74) is 0.425. The van der Waals surface area contributed by atoms with Gasteiger partial charge in [0.25, 0.3) is 0 Å². The highest BCUT2D eigenvalue weighted by atomic mass is 16.5. The van der Waals surface area contributed by atoms with E-state index in [0.29, 0.717) is 0 Å². The SMILES string of the molecule is COc1cc2c(c(OC)c1OC)C(=O)c1cc(OC)c(OC)c(OC)c1C2=O. The van der Waals surface area contributed by atoms with Crippen LogP contribution in [0, 0.1) is 0 Å². The van der Waals surface area contributed by atoms with Crippen molar-refractivity contribution < 1.29 is 38.0 Å². The molecule has 1 aliphatic rings. The molecule has 0 saturated heterocycles. The quantitative estimate of drug-likeness (QED) is 0.636.